The van der Waals surface area contributed by atoms with E-state index in [1.165, 1.54) is 12.0 Å². The van der Waals surface area contributed by atoms with Crippen LogP contribution in [0.1, 0.15) is 20.3 Å². The molecule has 0 aromatic heterocycles. The van der Waals surface area contributed by atoms with Crippen LogP contribution in [0.3, 0.4) is 0 Å². The molecule has 0 heterocycles. The fourth-order valence-electron chi connectivity index (χ4n) is 1.75. The summed E-state index contributed by atoms with van der Waals surface area (Å²) >= 11 is 5.99. The molecular weight excluding hydrogens is 296 g/mol. The van der Waals surface area contributed by atoms with Crippen molar-refractivity contribution < 1.29 is 19.4 Å². The summed E-state index contributed by atoms with van der Waals surface area (Å²) in [4.78, 5) is 24.3. The Kier molecular flexibility index (Phi) is 6.30. The number of methoxy groups -OCH3 is 1. The van der Waals surface area contributed by atoms with Gasteiger partial charge in [-0.25, -0.2) is 4.79 Å². The standard InChI is InChI=1S/C14H19ClN2O4/c1-9(2)17(7-6-13(18)19)14(20)16-10-4-5-12(21-3)11(15)8-10/h4-5,8-9H,6-7H2,1-3H3,(H,16,20)(H,18,19). The fourth-order valence-corrected chi connectivity index (χ4v) is 2.01. The zero-order valence-corrected chi connectivity index (χ0v) is 13.0. The topological polar surface area (TPSA) is 78.9 Å². The number of benzene rings is 1. The zero-order valence-electron chi connectivity index (χ0n) is 12.2. The van der Waals surface area contributed by atoms with Crippen molar-refractivity contribution in [2.75, 3.05) is 19.0 Å². The van der Waals surface area contributed by atoms with E-state index in [1.807, 2.05) is 13.8 Å². The maximum absolute atomic E-state index is 12.2. The number of nitrogens with zero attached hydrogens (tertiary/aromatic N) is 1. The molecule has 0 atom stereocenters. The normalized spacial score (nSPS) is 10.3. The first-order valence-electron chi connectivity index (χ1n) is 6.48. The number of aliphatic carboxylic acids is 1. The molecule has 21 heavy (non-hydrogen) atoms. The first-order valence-corrected chi connectivity index (χ1v) is 6.86. The third kappa shape index (κ3) is 5.15. The lowest BCUT2D eigenvalue weighted by Gasteiger charge is -2.26. The quantitative estimate of drug-likeness (QED) is 0.845. The number of carbonyl (C=O) groups is 2. The number of carboxylic acid groups (broad SMARTS) is 1. The third-order valence-corrected chi connectivity index (χ3v) is 3.15. The van der Waals surface area contributed by atoms with E-state index in [9.17, 15) is 9.59 Å². The highest BCUT2D eigenvalue weighted by atomic mass is 35.5. The molecule has 0 saturated heterocycles. The Hall–Kier alpha value is -1.95. The van der Waals surface area contributed by atoms with Crippen LogP contribution in [-0.2, 0) is 4.79 Å². The van der Waals surface area contributed by atoms with Gasteiger partial charge in [0.15, 0.2) is 0 Å². The Balaban J connectivity index is 2.76. The number of anilines is 1. The van der Waals surface area contributed by atoms with Gasteiger partial charge < -0.3 is 20.1 Å². The molecule has 2 amide bonds. The van der Waals surface area contributed by atoms with Crippen LogP contribution in [-0.4, -0.2) is 41.7 Å². The van der Waals surface area contributed by atoms with Crippen molar-refractivity contribution in [3.05, 3.63) is 23.2 Å². The average molecular weight is 315 g/mol. The molecule has 7 heteroatoms. The highest BCUT2D eigenvalue weighted by molar-refractivity contribution is 6.32. The SMILES string of the molecule is COc1ccc(NC(=O)N(CCC(=O)O)C(C)C)cc1Cl. The van der Waals surface area contributed by atoms with Crippen molar-refractivity contribution in [2.24, 2.45) is 0 Å². The summed E-state index contributed by atoms with van der Waals surface area (Å²) in [6.07, 6.45) is -0.102. The van der Waals surface area contributed by atoms with Crippen molar-refractivity contribution in [2.45, 2.75) is 26.3 Å². The Bertz CT molecular complexity index is 520. The summed E-state index contributed by atoms with van der Waals surface area (Å²) in [7, 11) is 1.51. The van der Waals surface area contributed by atoms with E-state index in [4.69, 9.17) is 21.4 Å². The average Bonchev–Trinajstić information content (AvgIpc) is 2.38. The molecule has 2 N–H and O–H groups in total. The summed E-state index contributed by atoms with van der Waals surface area (Å²) in [5.41, 5.74) is 0.520. The van der Waals surface area contributed by atoms with Crippen molar-refractivity contribution >= 4 is 29.3 Å². The summed E-state index contributed by atoms with van der Waals surface area (Å²) in [6.45, 7) is 3.79. The lowest BCUT2D eigenvalue weighted by Crippen LogP contribution is -2.41. The largest absolute Gasteiger partial charge is 0.495 e. The Morgan fingerprint density at radius 1 is 1.43 bits per heavy atom. The first-order chi connectivity index (χ1) is 9.85. The predicted octanol–water partition coefficient (Wildman–Crippen LogP) is 3.07. The van der Waals surface area contributed by atoms with E-state index in [2.05, 4.69) is 5.32 Å². The molecule has 0 unspecified atom stereocenters. The van der Waals surface area contributed by atoms with Crippen LogP contribution < -0.4 is 10.1 Å². The molecule has 116 valence electrons. The molecule has 0 radical (unpaired) electrons. The molecule has 1 rings (SSSR count). The van der Waals surface area contributed by atoms with Gasteiger partial charge in [-0.3, -0.25) is 4.79 Å². The second kappa shape index (κ2) is 7.73. The number of amides is 2. The second-order valence-electron chi connectivity index (χ2n) is 4.71. The van der Waals surface area contributed by atoms with Gasteiger partial charge >= 0.3 is 12.0 Å². The van der Waals surface area contributed by atoms with Gasteiger partial charge in [0.05, 0.1) is 18.6 Å². The van der Waals surface area contributed by atoms with Gasteiger partial charge in [-0.2, -0.15) is 0 Å². The minimum Gasteiger partial charge on any atom is -0.495 e. The number of carbonyl (C=O) groups excluding carboxylic acids is 1. The third-order valence-electron chi connectivity index (χ3n) is 2.85. The van der Waals surface area contributed by atoms with Gasteiger partial charge in [-0.05, 0) is 32.0 Å². The van der Waals surface area contributed by atoms with Crippen LogP contribution in [0.2, 0.25) is 5.02 Å². The van der Waals surface area contributed by atoms with E-state index < -0.39 is 5.97 Å². The van der Waals surface area contributed by atoms with E-state index in [0.717, 1.165) is 0 Å². The lowest BCUT2D eigenvalue weighted by atomic mass is 10.3. The molecule has 1 aromatic rings. The molecule has 1 aromatic carbocycles. The van der Waals surface area contributed by atoms with E-state index in [-0.39, 0.29) is 25.0 Å². The van der Waals surface area contributed by atoms with Crippen molar-refractivity contribution in [1.82, 2.24) is 4.90 Å². The van der Waals surface area contributed by atoms with E-state index in [0.29, 0.717) is 16.5 Å². The highest BCUT2D eigenvalue weighted by Gasteiger charge is 2.18. The molecular formula is C14H19ClN2O4. The maximum atomic E-state index is 12.2. The predicted molar refractivity (Wildman–Crippen MR) is 81.1 cm³/mol. The van der Waals surface area contributed by atoms with Gasteiger partial charge in [0.1, 0.15) is 5.75 Å². The minimum atomic E-state index is -0.944. The molecule has 0 aliphatic carbocycles. The van der Waals surface area contributed by atoms with E-state index in [1.54, 1.807) is 18.2 Å². The van der Waals surface area contributed by atoms with Crippen molar-refractivity contribution in [1.29, 1.82) is 0 Å². The van der Waals surface area contributed by atoms with Crippen LogP contribution in [0.5, 0.6) is 5.75 Å². The molecule has 0 fully saturated rings. The number of rotatable bonds is 6. The smallest absolute Gasteiger partial charge is 0.322 e. The molecule has 0 bridgehead atoms. The number of hydrogen-bond acceptors (Lipinski definition) is 3. The number of halogens is 1. The summed E-state index contributed by atoms with van der Waals surface area (Å²) in [5.74, 6) is -0.429. The van der Waals surface area contributed by atoms with E-state index >= 15 is 0 Å². The molecule has 0 saturated carbocycles. The van der Waals surface area contributed by atoms with Gasteiger partial charge in [0.2, 0.25) is 0 Å². The van der Waals surface area contributed by atoms with Crippen molar-refractivity contribution in [3.8, 4) is 5.75 Å². The summed E-state index contributed by atoms with van der Waals surface area (Å²) in [6, 6.07) is 4.41. The van der Waals surface area contributed by atoms with Crippen LogP contribution in [0, 0.1) is 0 Å². The minimum absolute atomic E-state index is 0.102. The number of urea groups is 1. The molecule has 6 nitrogen and oxygen atoms in total. The Morgan fingerprint density at radius 3 is 2.57 bits per heavy atom. The summed E-state index contributed by atoms with van der Waals surface area (Å²) in [5, 5.41) is 11.8. The van der Waals surface area contributed by atoms with Gasteiger partial charge in [0.25, 0.3) is 0 Å². The van der Waals surface area contributed by atoms with Crippen LogP contribution in [0.15, 0.2) is 18.2 Å². The monoisotopic (exact) mass is 314 g/mol. The van der Waals surface area contributed by atoms with Crippen LogP contribution in [0.25, 0.3) is 0 Å². The lowest BCUT2D eigenvalue weighted by molar-refractivity contribution is -0.137. The Labute approximate surface area is 128 Å². The summed E-state index contributed by atoms with van der Waals surface area (Å²) < 4.78 is 5.04. The highest BCUT2D eigenvalue weighted by Crippen LogP contribution is 2.27. The van der Waals surface area contributed by atoms with Gasteiger partial charge in [-0.1, -0.05) is 11.6 Å². The van der Waals surface area contributed by atoms with Crippen LogP contribution in [0.4, 0.5) is 10.5 Å². The molecule has 0 aliphatic heterocycles. The first kappa shape index (κ1) is 17.1. The maximum Gasteiger partial charge on any atom is 0.322 e. The van der Waals surface area contributed by atoms with Crippen molar-refractivity contribution in [3.63, 3.8) is 0 Å². The number of hydrogen-bond donors (Lipinski definition) is 2. The van der Waals surface area contributed by atoms with Crippen LogP contribution >= 0.6 is 11.6 Å². The number of nitrogens with one attached hydrogen (secondary N) is 1. The second-order valence-corrected chi connectivity index (χ2v) is 5.12. The number of carboxylic acids is 1. The molecule has 0 aliphatic rings. The van der Waals surface area contributed by atoms with Gasteiger partial charge in [-0.15, -0.1) is 0 Å². The fraction of sp³-hybridized carbons (Fsp3) is 0.429. The molecule has 0 spiro atoms. The van der Waals surface area contributed by atoms with Gasteiger partial charge in [0, 0.05) is 18.3 Å². The Morgan fingerprint density at radius 2 is 2.10 bits per heavy atom. The zero-order chi connectivity index (χ0) is 16.0. The number of ether oxygens (including phenoxy) is 1.